The number of nitro groups is 1. The van der Waals surface area contributed by atoms with Gasteiger partial charge in [0.25, 0.3) is 5.69 Å². The van der Waals surface area contributed by atoms with E-state index < -0.39 is 10.5 Å². The third-order valence-electron chi connectivity index (χ3n) is 3.61. The number of amides is 1. The van der Waals surface area contributed by atoms with Gasteiger partial charge in [-0.2, -0.15) is 0 Å². The molecule has 1 aromatic carbocycles. The molecule has 1 saturated carbocycles. The fraction of sp³-hybridized carbons (Fsp3) is 0.462. The van der Waals surface area contributed by atoms with Crippen LogP contribution in [0.25, 0.3) is 0 Å². The lowest BCUT2D eigenvalue weighted by Gasteiger charge is -2.39. The molecule has 0 heterocycles. The van der Waals surface area contributed by atoms with E-state index in [0.29, 0.717) is 18.4 Å². The van der Waals surface area contributed by atoms with Crippen molar-refractivity contribution in [2.75, 3.05) is 7.05 Å². The monoisotopic (exact) mass is 299 g/mol. The largest absolute Gasteiger partial charge is 0.340 e. The molecule has 2 N–H and O–H groups in total. The van der Waals surface area contributed by atoms with Crippen molar-refractivity contribution in [1.29, 1.82) is 0 Å². The Labute approximate surface area is 123 Å². The van der Waals surface area contributed by atoms with Crippen molar-refractivity contribution in [3.63, 3.8) is 0 Å². The zero-order chi connectivity index (χ0) is 14.0. The minimum absolute atomic E-state index is 0. The van der Waals surface area contributed by atoms with E-state index in [2.05, 4.69) is 0 Å². The molecular weight excluding hydrogens is 282 g/mol. The van der Waals surface area contributed by atoms with Gasteiger partial charge in [0.2, 0.25) is 5.91 Å². The second kappa shape index (κ2) is 6.19. The highest BCUT2D eigenvalue weighted by molar-refractivity contribution is 5.87. The molecule has 1 aliphatic carbocycles. The van der Waals surface area contributed by atoms with E-state index in [4.69, 9.17) is 5.73 Å². The van der Waals surface area contributed by atoms with Gasteiger partial charge in [-0.3, -0.25) is 14.9 Å². The third kappa shape index (κ3) is 3.08. The van der Waals surface area contributed by atoms with Crippen LogP contribution in [-0.2, 0) is 11.3 Å². The topological polar surface area (TPSA) is 89.5 Å². The Balaban J connectivity index is 0.00000200. The van der Waals surface area contributed by atoms with Crippen LogP contribution in [0.4, 0.5) is 5.69 Å². The highest BCUT2D eigenvalue weighted by atomic mass is 35.5. The summed E-state index contributed by atoms with van der Waals surface area (Å²) in [5.41, 5.74) is 5.76. The fourth-order valence-corrected chi connectivity index (χ4v) is 2.30. The lowest BCUT2D eigenvalue weighted by Crippen LogP contribution is -2.58. The molecule has 7 heteroatoms. The number of nitrogens with two attached hydrogens (primary N) is 1. The quantitative estimate of drug-likeness (QED) is 0.678. The zero-order valence-corrected chi connectivity index (χ0v) is 12.1. The number of benzene rings is 1. The summed E-state index contributed by atoms with van der Waals surface area (Å²) in [6.45, 7) is 0.203. The molecule has 1 aromatic rings. The Bertz CT molecular complexity index is 517. The average molecular weight is 300 g/mol. The molecule has 0 aliphatic heterocycles. The van der Waals surface area contributed by atoms with Gasteiger partial charge in [0.05, 0.1) is 17.0 Å². The maximum atomic E-state index is 12.2. The second-order valence-corrected chi connectivity index (χ2v) is 5.06. The van der Waals surface area contributed by atoms with Crippen LogP contribution in [0, 0.1) is 10.1 Å². The Morgan fingerprint density at radius 1 is 1.45 bits per heavy atom. The van der Waals surface area contributed by atoms with Crippen LogP contribution in [0.5, 0.6) is 0 Å². The van der Waals surface area contributed by atoms with E-state index in [1.165, 1.54) is 11.0 Å². The molecule has 0 aromatic heterocycles. The van der Waals surface area contributed by atoms with Gasteiger partial charge in [-0.25, -0.2) is 0 Å². The van der Waals surface area contributed by atoms with E-state index in [1.54, 1.807) is 25.2 Å². The molecule has 2 rings (SSSR count). The van der Waals surface area contributed by atoms with Gasteiger partial charge in [0.15, 0.2) is 0 Å². The van der Waals surface area contributed by atoms with E-state index in [1.807, 2.05) is 0 Å². The predicted octanol–water partition coefficient (Wildman–Crippen LogP) is 1.86. The van der Waals surface area contributed by atoms with Gasteiger partial charge in [0.1, 0.15) is 0 Å². The lowest BCUT2D eigenvalue weighted by atomic mass is 9.76. The molecule has 0 bridgehead atoms. The minimum Gasteiger partial charge on any atom is -0.340 e. The number of hydrogen-bond acceptors (Lipinski definition) is 4. The standard InChI is InChI=1S/C13H17N3O3.ClH/c1-15(12(17)13(14)7-4-8-13)9-10-5-2-3-6-11(10)16(18)19;/h2-3,5-6H,4,7-9,14H2,1H3;1H. The van der Waals surface area contributed by atoms with E-state index in [9.17, 15) is 14.9 Å². The summed E-state index contributed by atoms with van der Waals surface area (Å²) >= 11 is 0. The number of nitro benzene ring substituents is 1. The lowest BCUT2D eigenvalue weighted by molar-refractivity contribution is -0.385. The molecule has 0 unspecified atom stereocenters. The van der Waals surface area contributed by atoms with Gasteiger partial charge < -0.3 is 10.6 Å². The Morgan fingerprint density at radius 2 is 2.05 bits per heavy atom. The van der Waals surface area contributed by atoms with Gasteiger partial charge in [-0.15, -0.1) is 12.4 Å². The first kappa shape index (κ1) is 16.4. The first-order valence-corrected chi connectivity index (χ1v) is 6.21. The first-order valence-electron chi connectivity index (χ1n) is 6.21. The second-order valence-electron chi connectivity index (χ2n) is 5.06. The van der Waals surface area contributed by atoms with Crippen molar-refractivity contribution in [3.05, 3.63) is 39.9 Å². The van der Waals surface area contributed by atoms with Gasteiger partial charge in [0, 0.05) is 18.7 Å². The maximum absolute atomic E-state index is 12.2. The highest BCUT2D eigenvalue weighted by Gasteiger charge is 2.41. The molecule has 0 spiro atoms. The SMILES string of the molecule is CN(Cc1ccccc1[N+](=O)[O-])C(=O)C1(N)CCC1.Cl. The molecule has 110 valence electrons. The predicted molar refractivity (Wildman–Crippen MR) is 77.6 cm³/mol. The summed E-state index contributed by atoms with van der Waals surface area (Å²) in [5, 5.41) is 10.9. The third-order valence-corrected chi connectivity index (χ3v) is 3.61. The number of carbonyl (C=O) groups is 1. The summed E-state index contributed by atoms with van der Waals surface area (Å²) in [6.07, 6.45) is 2.33. The van der Waals surface area contributed by atoms with Crippen molar-refractivity contribution in [2.45, 2.75) is 31.3 Å². The highest BCUT2D eigenvalue weighted by Crippen LogP contribution is 2.31. The van der Waals surface area contributed by atoms with Crippen LogP contribution < -0.4 is 5.73 Å². The Kier molecular flexibility index (Phi) is 5.08. The van der Waals surface area contributed by atoms with Crippen molar-refractivity contribution in [1.82, 2.24) is 4.90 Å². The van der Waals surface area contributed by atoms with Crippen molar-refractivity contribution in [2.24, 2.45) is 5.73 Å². The van der Waals surface area contributed by atoms with Gasteiger partial charge in [-0.1, -0.05) is 18.2 Å². The first-order chi connectivity index (χ1) is 8.94. The van der Waals surface area contributed by atoms with Crippen LogP contribution in [0.3, 0.4) is 0 Å². The Hall–Kier alpha value is -1.66. The number of rotatable bonds is 4. The molecule has 0 radical (unpaired) electrons. The van der Waals surface area contributed by atoms with Crippen LogP contribution in [-0.4, -0.2) is 28.3 Å². The van der Waals surface area contributed by atoms with Crippen LogP contribution in [0.15, 0.2) is 24.3 Å². The minimum atomic E-state index is -0.766. The van der Waals surface area contributed by atoms with Crippen molar-refractivity contribution < 1.29 is 9.72 Å². The maximum Gasteiger partial charge on any atom is 0.274 e. The van der Waals surface area contributed by atoms with Gasteiger partial charge >= 0.3 is 0 Å². The smallest absolute Gasteiger partial charge is 0.274 e. The van der Waals surface area contributed by atoms with E-state index in [-0.39, 0.29) is 30.5 Å². The van der Waals surface area contributed by atoms with Crippen LogP contribution >= 0.6 is 12.4 Å². The Morgan fingerprint density at radius 3 is 2.55 bits per heavy atom. The van der Waals surface area contributed by atoms with Gasteiger partial charge in [-0.05, 0) is 19.3 Å². The molecule has 20 heavy (non-hydrogen) atoms. The number of likely N-dealkylation sites (N-methyl/N-ethyl adjacent to an activating group) is 1. The fourth-order valence-electron chi connectivity index (χ4n) is 2.30. The molecule has 6 nitrogen and oxygen atoms in total. The summed E-state index contributed by atoms with van der Waals surface area (Å²) < 4.78 is 0. The van der Waals surface area contributed by atoms with E-state index >= 15 is 0 Å². The summed E-state index contributed by atoms with van der Waals surface area (Å²) in [5.74, 6) is -0.142. The number of hydrogen-bond donors (Lipinski definition) is 1. The molecular formula is C13H18ClN3O3. The molecule has 0 atom stereocenters. The summed E-state index contributed by atoms with van der Waals surface area (Å²) in [7, 11) is 1.63. The van der Waals surface area contributed by atoms with E-state index in [0.717, 1.165) is 6.42 Å². The summed E-state index contributed by atoms with van der Waals surface area (Å²) in [4.78, 5) is 24.1. The number of carbonyl (C=O) groups excluding carboxylic acids is 1. The zero-order valence-electron chi connectivity index (χ0n) is 11.2. The summed E-state index contributed by atoms with van der Waals surface area (Å²) in [6, 6.07) is 6.43. The van der Waals surface area contributed by atoms with Crippen LogP contribution in [0.1, 0.15) is 24.8 Å². The average Bonchev–Trinajstić information content (AvgIpc) is 2.35. The van der Waals surface area contributed by atoms with Crippen LogP contribution in [0.2, 0.25) is 0 Å². The molecule has 0 saturated heterocycles. The molecule has 1 fully saturated rings. The normalized spacial score (nSPS) is 15.7. The number of halogens is 1. The van der Waals surface area contributed by atoms with Crippen molar-refractivity contribution >= 4 is 24.0 Å². The van der Waals surface area contributed by atoms with Crippen molar-refractivity contribution in [3.8, 4) is 0 Å². The number of para-hydroxylation sites is 1. The molecule has 1 amide bonds. The molecule has 1 aliphatic rings. The number of nitrogens with zero attached hydrogens (tertiary/aromatic N) is 2.